The van der Waals surface area contributed by atoms with Crippen molar-refractivity contribution >= 4 is 22.6 Å². The number of aryl methyl sites for hydroxylation is 2. The second kappa shape index (κ2) is 5.30. The number of aromatic nitrogens is 1. The summed E-state index contributed by atoms with van der Waals surface area (Å²) in [5.74, 6) is 0. The number of benzene rings is 2. The highest BCUT2D eigenvalue weighted by atomic mass is 14.9. The molecule has 0 aliphatic rings. The zero-order valence-electron chi connectivity index (χ0n) is 12.2. The van der Waals surface area contributed by atoms with Crippen LogP contribution in [0.1, 0.15) is 16.7 Å². The van der Waals surface area contributed by atoms with Gasteiger partial charge in [-0.05, 0) is 24.6 Å². The van der Waals surface area contributed by atoms with Crippen LogP contribution >= 0.6 is 0 Å². The van der Waals surface area contributed by atoms with Gasteiger partial charge in [-0.15, -0.1) is 0 Å². The minimum absolute atomic E-state index is 0.690. The maximum atomic E-state index is 9.49. The molecule has 1 heterocycles. The van der Waals surface area contributed by atoms with Crippen LogP contribution in [-0.4, -0.2) is 4.57 Å². The monoisotopic (exact) mass is 272 g/mol. The van der Waals surface area contributed by atoms with Crippen LogP contribution in [0.15, 0.2) is 54.7 Å². The van der Waals surface area contributed by atoms with E-state index in [4.69, 9.17) is 0 Å². The van der Waals surface area contributed by atoms with Crippen LogP contribution in [0.5, 0.6) is 0 Å². The van der Waals surface area contributed by atoms with Gasteiger partial charge in [-0.2, -0.15) is 5.26 Å². The van der Waals surface area contributed by atoms with Gasteiger partial charge >= 0.3 is 0 Å². The number of para-hydroxylation sites is 1. The Hall–Kier alpha value is -2.79. The van der Waals surface area contributed by atoms with Gasteiger partial charge in [-0.1, -0.05) is 48.0 Å². The first-order chi connectivity index (χ1) is 10.2. The number of hydrogen-bond donors (Lipinski definition) is 0. The first-order valence-electron chi connectivity index (χ1n) is 6.92. The minimum atomic E-state index is 0.690. The Kier molecular flexibility index (Phi) is 3.33. The van der Waals surface area contributed by atoms with Crippen molar-refractivity contribution in [2.24, 2.45) is 7.05 Å². The number of nitriles is 1. The van der Waals surface area contributed by atoms with Crippen molar-refractivity contribution in [1.29, 1.82) is 5.26 Å². The Morgan fingerprint density at radius 2 is 1.95 bits per heavy atom. The van der Waals surface area contributed by atoms with Crippen LogP contribution in [0.4, 0.5) is 0 Å². The van der Waals surface area contributed by atoms with Crippen molar-refractivity contribution in [1.82, 2.24) is 4.57 Å². The van der Waals surface area contributed by atoms with Crippen LogP contribution in [0.25, 0.3) is 22.6 Å². The Bertz CT molecular complexity index is 876. The van der Waals surface area contributed by atoms with Crippen molar-refractivity contribution < 1.29 is 0 Å². The van der Waals surface area contributed by atoms with Gasteiger partial charge in [0.05, 0.1) is 11.6 Å². The Labute approximate surface area is 124 Å². The van der Waals surface area contributed by atoms with Crippen LogP contribution in [0.2, 0.25) is 0 Å². The number of allylic oxidation sites excluding steroid dienone is 1. The van der Waals surface area contributed by atoms with E-state index in [0.717, 1.165) is 16.7 Å². The molecule has 3 rings (SSSR count). The average Bonchev–Trinajstić information content (AvgIpc) is 2.82. The molecule has 0 aliphatic heterocycles. The fourth-order valence-corrected chi connectivity index (χ4v) is 2.64. The molecular weight excluding hydrogens is 256 g/mol. The van der Waals surface area contributed by atoms with Crippen molar-refractivity contribution in [3.05, 3.63) is 71.4 Å². The lowest BCUT2D eigenvalue weighted by Gasteiger charge is -2.00. The Morgan fingerprint density at radius 1 is 1.14 bits per heavy atom. The standard InChI is InChI=1S/C19H16N2/c1-14-6-5-7-15(10-14)16(12-20)11-17-13-21(2)19-9-4-3-8-18(17)19/h3-11,13H,1-2H3. The Balaban J connectivity index is 2.16. The van der Waals surface area contributed by atoms with Gasteiger partial charge in [0.1, 0.15) is 0 Å². The summed E-state index contributed by atoms with van der Waals surface area (Å²) in [6.45, 7) is 2.04. The number of fused-ring (bicyclic) bond motifs is 1. The molecule has 2 heteroatoms. The number of rotatable bonds is 2. The molecule has 0 fully saturated rings. The van der Waals surface area contributed by atoms with Crippen LogP contribution in [0.3, 0.4) is 0 Å². The molecule has 0 radical (unpaired) electrons. The molecule has 0 bridgehead atoms. The molecule has 1 aromatic heterocycles. The lowest BCUT2D eigenvalue weighted by molar-refractivity contribution is 0.968. The van der Waals surface area contributed by atoms with Gasteiger partial charge in [0.2, 0.25) is 0 Å². The molecule has 102 valence electrons. The van der Waals surface area contributed by atoms with Crippen LogP contribution in [0, 0.1) is 18.3 Å². The van der Waals surface area contributed by atoms with E-state index in [9.17, 15) is 5.26 Å². The van der Waals surface area contributed by atoms with Gasteiger partial charge in [0.15, 0.2) is 0 Å². The summed E-state index contributed by atoms with van der Waals surface area (Å²) < 4.78 is 2.09. The summed E-state index contributed by atoms with van der Waals surface area (Å²) in [5.41, 5.74) is 5.06. The maximum absolute atomic E-state index is 9.49. The van der Waals surface area contributed by atoms with Gasteiger partial charge in [0.25, 0.3) is 0 Å². The van der Waals surface area contributed by atoms with Crippen molar-refractivity contribution in [2.45, 2.75) is 6.92 Å². The summed E-state index contributed by atoms with van der Waals surface area (Å²) in [6, 6.07) is 18.6. The second-order valence-corrected chi connectivity index (χ2v) is 5.25. The fraction of sp³-hybridized carbons (Fsp3) is 0.105. The van der Waals surface area contributed by atoms with Gasteiger partial charge in [-0.25, -0.2) is 0 Å². The largest absolute Gasteiger partial charge is 0.350 e. The summed E-state index contributed by atoms with van der Waals surface area (Å²) >= 11 is 0. The molecule has 0 N–H and O–H groups in total. The molecule has 2 nitrogen and oxygen atoms in total. The average molecular weight is 272 g/mol. The highest BCUT2D eigenvalue weighted by Gasteiger charge is 2.06. The van der Waals surface area contributed by atoms with E-state index < -0.39 is 0 Å². The lowest BCUT2D eigenvalue weighted by Crippen LogP contribution is -1.83. The number of nitrogens with zero attached hydrogens (tertiary/aromatic N) is 2. The SMILES string of the molecule is Cc1cccc(C(C#N)=Cc2cn(C)c3ccccc23)c1. The molecular formula is C19H16N2. The number of hydrogen-bond acceptors (Lipinski definition) is 1. The summed E-state index contributed by atoms with van der Waals surface area (Å²) in [6.07, 6.45) is 4.04. The maximum Gasteiger partial charge on any atom is 0.0998 e. The molecule has 0 saturated heterocycles. The Morgan fingerprint density at radius 3 is 2.71 bits per heavy atom. The van der Waals surface area contributed by atoms with E-state index in [-0.39, 0.29) is 0 Å². The molecule has 0 atom stereocenters. The third-order valence-corrected chi connectivity index (χ3v) is 3.68. The van der Waals surface area contributed by atoms with E-state index in [1.165, 1.54) is 10.9 Å². The van der Waals surface area contributed by atoms with E-state index >= 15 is 0 Å². The molecule has 0 amide bonds. The summed E-state index contributed by atoms with van der Waals surface area (Å²) in [4.78, 5) is 0. The molecule has 0 aliphatic carbocycles. The van der Waals surface area contributed by atoms with E-state index in [1.54, 1.807) is 0 Å². The highest BCUT2D eigenvalue weighted by molar-refractivity contribution is 5.98. The molecule has 2 aromatic carbocycles. The molecule has 21 heavy (non-hydrogen) atoms. The zero-order chi connectivity index (χ0) is 14.8. The van der Waals surface area contributed by atoms with E-state index in [0.29, 0.717) is 5.57 Å². The first kappa shape index (κ1) is 13.2. The zero-order valence-corrected chi connectivity index (χ0v) is 12.2. The quantitative estimate of drug-likeness (QED) is 0.629. The molecule has 3 aromatic rings. The van der Waals surface area contributed by atoms with Gasteiger partial charge in [0, 0.05) is 29.7 Å². The van der Waals surface area contributed by atoms with Crippen LogP contribution < -0.4 is 0 Å². The van der Waals surface area contributed by atoms with E-state index in [2.05, 4.69) is 29.0 Å². The second-order valence-electron chi connectivity index (χ2n) is 5.25. The van der Waals surface area contributed by atoms with Crippen LogP contribution in [-0.2, 0) is 7.05 Å². The summed E-state index contributed by atoms with van der Waals surface area (Å²) in [7, 11) is 2.03. The normalized spacial score (nSPS) is 11.6. The topological polar surface area (TPSA) is 28.7 Å². The summed E-state index contributed by atoms with van der Waals surface area (Å²) in [5, 5.41) is 10.7. The molecule has 0 saturated carbocycles. The highest BCUT2D eigenvalue weighted by Crippen LogP contribution is 2.25. The minimum Gasteiger partial charge on any atom is -0.350 e. The predicted octanol–water partition coefficient (Wildman–Crippen LogP) is 4.55. The van der Waals surface area contributed by atoms with Crippen molar-refractivity contribution in [3.8, 4) is 6.07 Å². The van der Waals surface area contributed by atoms with Gasteiger partial charge in [-0.3, -0.25) is 0 Å². The van der Waals surface area contributed by atoms with Crippen molar-refractivity contribution in [3.63, 3.8) is 0 Å². The molecule has 0 unspecified atom stereocenters. The third kappa shape index (κ3) is 2.46. The first-order valence-corrected chi connectivity index (χ1v) is 6.92. The molecule has 0 spiro atoms. The predicted molar refractivity (Wildman–Crippen MR) is 87.6 cm³/mol. The van der Waals surface area contributed by atoms with Gasteiger partial charge < -0.3 is 4.57 Å². The third-order valence-electron chi connectivity index (χ3n) is 3.68. The lowest BCUT2D eigenvalue weighted by atomic mass is 10.0. The van der Waals surface area contributed by atoms with E-state index in [1.807, 2.05) is 56.4 Å². The smallest absolute Gasteiger partial charge is 0.0998 e. The fourth-order valence-electron chi connectivity index (χ4n) is 2.64. The van der Waals surface area contributed by atoms with Crippen molar-refractivity contribution in [2.75, 3.05) is 0 Å².